The van der Waals surface area contributed by atoms with E-state index in [-0.39, 0.29) is 18.9 Å². The van der Waals surface area contributed by atoms with Gasteiger partial charge in [-0.05, 0) is 50.1 Å². The molecule has 2 saturated heterocycles. The number of carbonyl (C=O) groups is 3. The molecule has 1 N–H and O–H groups in total. The molecule has 0 saturated carbocycles. The van der Waals surface area contributed by atoms with Gasteiger partial charge in [0.25, 0.3) is 0 Å². The lowest BCUT2D eigenvalue weighted by atomic mass is 9.78. The standard InChI is InChI=1S/C27H32N2O7/c1-7-27(26(32)36-8-2)21-20(24(30)29(25(21)31)17-11-9-15(3)10-12-17)22(28-27)16-13-18(33-4)23(35-6)19(14-16)34-5/h9-14,20-22,28H,7-8H2,1-6H3. The van der Waals surface area contributed by atoms with Crippen LogP contribution in [0.5, 0.6) is 17.2 Å². The number of amides is 2. The van der Waals surface area contributed by atoms with Crippen molar-refractivity contribution < 1.29 is 33.3 Å². The van der Waals surface area contributed by atoms with Crippen LogP contribution in [0.25, 0.3) is 0 Å². The van der Waals surface area contributed by atoms with Crippen molar-refractivity contribution in [3.8, 4) is 17.2 Å². The first-order valence-electron chi connectivity index (χ1n) is 12.0. The Bertz CT molecular complexity index is 1150. The Balaban J connectivity index is 1.89. The SMILES string of the molecule is CCOC(=O)C1(CC)NC(c2cc(OC)c(OC)c(OC)c2)C2C(=O)N(c3ccc(C)cc3)C(=O)C21. The summed E-state index contributed by atoms with van der Waals surface area (Å²) in [6.07, 6.45) is 0.259. The van der Waals surface area contributed by atoms with E-state index in [2.05, 4.69) is 5.32 Å². The van der Waals surface area contributed by atoms with Crippen LogP contribution in [0, 0.1) is 18.8 Å². The molecular formula is C27H32N2O7. The summed E-state index contributed by atoms with van der Waals surface area (Å²) in [5.74, 6) is -1.92. The Hall–Kier alpha value is -3.59. The van der Waals surface area contributed by atoms with Crippen LogP contribution in [0.15, 0.2) is 36.4 Å². The maximum Gasteiger partial charge on any atom is 0.327 e. The normalized spacial score (nSPS) is 25.1. The number of rotatable bonds is 8. The molecule has 4 atom stereocenters. The van der Waals surface area contributed by atoms with Crippen molar-refractivity contribution in [1.82, 2.24) is 5.32 Å². The molecular weight excluding hydrogens is 464 g/mol. The summed E-state index contributed by atoms with van der Waals surface area (Å²) >= 11 is 0. The lowest BCUT2D eigenvalue weighted by molar-refractivity contribution is -0.154. The second kappa shape index (κ2) is 9.81. The van der Waals surface area contributed by atoms with Gasteiger partial charge < -0.3 is 18.9 Å². The van der Waals surface area contributed by atoms with Crippen LogP contribution in [0.4, 0.5) is 5.69 Å². The topological polar surface area (TPSA) is 103 Å². The molecule has 0 radical (unpaired) electrons. The molecule has 2 aromatic rings. The quantitative estimate of drug-likeness (QED) is 0.439. The van der Waals surface area contributed by atoms with Gasteiger partial charge in [-0.15, -0.1) is 0 Å². The summed E-state index contributed by atoms with van der Waals surface area (Å²) in [4.78, 5) is 42.4. The molecule has 192 valence electrons. The van der Waals surface area contributed by atoms with E-state index in [1.165, 1.54) is 26.2 Å². The number of hydrogen-bond donors (Lipinski definition) is 1. The molecule has 0 spiro atoms. The monoisotopic (exact) mass is 496 g/mol. The van der Waals surface area contributed by atoms with E-state index in [1.54, 1.807) is 31.2 Å². The number of hydrogen-bond acceptors (Lipinski definition) is 8. The molecule has 36 heavy (non-hydrogen) atoms. The lowest BCUT2D eigenvalue weighted by Gasteiger charge is -2.32. The fourth-order valence-corrected chi connectivity index (χ4v) is 5.43. The first-order valence-corrected chi connectivity index (χ1v) is 12.0. The van der Waals surface area contributed by atoms with Gasteiger partial charge in [0.05, 0.1) is 45.5 Å². The fourth-order valence-electron chi connectivity index (χ4n) is 5.43. The van der Waals surface area contributed by atoms with Gasteiger partial charge in [0.2, 0.25) is 17.6 Å². The van der Waals surface area contributed by atoms with Crippen LogP contribution in [-0.4, -0.2) is 51.3 Å². The Morgan fingerprint density at radius 1 is 0.972 bits per heavy atom. The Kier molecular flexibility index (Phi) is 6.95. The number of benzene rings is 2. The molecule has 0 bridgehead atoms. The van der Waals surface area contributed by atoms with Crippen molar-refractivity contribution in [2.45, 2.75) is 38.8 Å². The van der Waals surface area contributed by atoms with Crippen molar-refractivity contribution in [2.75, 3.05) is 32.8 Å². The van der Waals surface area contributed by atoms with E-state index in [4.69, 9.17) is 18.9 Å². The van der Waals surface area contributed by atoms with E-state index < -0.39 is 35.3 Å². The summed E-state index contributed by atoms with van der Waals surface area (Å²) in [7, 11) is 4.51. The molecule has 9 heteroatoms. The van der Waals surface area contributed by atoms with Crippen molar-refractivity contribution in [1.29, 1.82) is 0 Å². The predicted octanol–water partition coefficient (Wildman–Crippen LogP) is 3.18. The summed E-state index contributed by atoms with van der Waals surface area (Å²) < 4.78 is 21.9. The van der Waals surface area contributed by atoms with Gasteiger partial charge >= 0.3 is 5.97 Å². The average Bonchev–Trinajstić information content (AvgIpc) is 3.37. The number of aryl methyl sites for hydroxylation is 1. The number of imide groups is 1. The van der Waals surface area contributed by atoms with E-state index in [9.17, 15) is 14.4 Å². The van der Waals surface area contributed by atoms with Gasteiger partial charge in [-0.25, -0.2) is 4.90 Å². The van der Waals surface area contributed by atoms with E-state index in [0.29, 0.717) is 28.5 Å². The van der Waals surface area contributed by atoms with Crippen LogP contribution in [0.1, 0.15) is 37.4 Å². The van der Waals surface area contributed by atoms with Gasteiger partial charge in [-0.2, -0.15) is 0 Å². The molecule has 0 aliphatic carbocycles. The first kappa shape index (κ1) is 25.5. The molecule has 2 fully saturated rings. The van der Waals surface area contributed by atoms with E-state index in [0.717, 1.165) is 5.56 Å². The van der Waals surface area contributed by atoms with Crippen LogP contribution in [0.3, 0.4) is 0 Å². The molecule has 4 rings (SSSR count). The molecule has 2 aromatic carbocycles. The predicted molar refractivity (Wildman–Crippen MR) is 132 cm³/mol. The Morgan fingerprint density at radius 2 is 1.58 bits per heavy atom. The maximum absolute atomic E-state index is 13.9. The van der Waals surface area contributed by atoms with Crippen molar-refractivity contribution >= 4 is 23.5 Å². The third-order valence-corrected chi connectivity index (χ3v) is 7.19. The zero-order valence-corrected chi connectivity index (χ0v) is 21.4. The fraction of sp³-hybridized carbons (Fsp3) is 0.444. The highest BCUT2D eigenvalue weighted by Crippen LogP contribution is 2.53. The smallest absolute Gasteiger partial charge is 0.327 e. The number of carbonyl (C=O) groups excluding carboxylic acids is 3. The number of esters is 1. The average molecular weight is 497 g/mol. The van der Waals surface area contributed by atoms with Gasteiger partial charge in [-0.3, -0.25) is 19.7 Å². The minimum absolute atomic E-state index is 0.151. The number of nitrogens with zero attached hydrogens (tertiary/aromatic N) is 1. The minimum atomic E-state index is -1.38. The van der Waals surface area contributed by atoms with Gasteiger partial charge in [0.15, 0.2) is 11.5 Å². The zero-order chi connectivity index (χ0) is 26.2. The zero-order valence-electron chi connectivity index (χ0n) is 21.4. The number of anilines is 1. The maximum atomic E-state index is 13.9. The first-order chi connectivity index (χ1) is 17.3. The summed E-state index contributed by atoms with van der Waals surface area (Å²) in [6, 6.07) is 9.96. The lowest BCUT2D eigenvalue weighted by Crippen LogP contribution is -2.56. The van der Waals surface area contributed by atoms with Gasteiger partial charge in [0.1, 0.15) is 5.54 Å². The third-order valence-electron chi connectivity index (χ3n) is 7.19. The second-order valence-corrected chi connectivity index (χ2v) is 8.98. The molecule has 2 aliphatic heterocycles. The van der Waals surface area contributed by atoms with Gasteiger partial charge in [-0.1, -0.05) is 24.6 Å². The Morgan fingerprint density at radius 3 is 2.08 bits per heavy atom. The van der Waals surface area contributed by atoms with Crippen LogP contribution >= 0.6 is 0 Å². The molecule has 2 aliphatic rings. The van der Waals surface area contributed by atoms with Crippen molar-refractivity contribution in [2.24, 2.45) is 11.8 Å². The third kappa shape index (κ3) is 3.78. The van der Waals surface area contributed by atoms with E-state index >= 15 is 0 Å². The summed E-state index contributed by atoms with van der Waals surface area (Å²) in [5.41, 5.74) is 0.732. The molecule has 9 nitrogen and oxygen atoms in total. The molecule has 2 heterocycles. The number of fused-ring (bicyclic) bond motifs is 1. The van der Waals surface area contributed by atoms with Crippen LogP contribution < -0.4 is 24.4 Å². The highest BCUT2D eigenvalue weighted by atomic mass is 16.5. The Labute approximate surface area is 210 Å². The highest BCUT2D eigenvalue weighted by molar-refractivity contribution is 6.24. The number of ether oxygens (including phenoxy) is 4. The van der Waals surface area contributed by atoms with E-state index in [1.807, 2.05) is 26.0 Å². The van der Waals surface area contributed by atoms with Gasteiger partial charge in [0, 0.05) is 6.04 Å². The summed E-state index contributed by atoms with van der Waals surface area (Å²) in [5, 5.41) is 3.34. The van der Waals surface area contributed by atoms with Crippen LogP contribution in [-0.2, 0) is 19.1 Å². The van der Waals surface area contributed by atoms with Crippen molar-refractivity contribution in [3.05, 3.63) is 47.5 Å². The van der Waals surface area contributed by atoms with Crippen LogP contribution in [0.2, 0.25) is 0 Å². The number of methoxy groups -OCH3 is 3. The van der Waals surface area contributed by atoms with Crippen molar-refractivity contribution in [3.63, 3.8) is 0 Å². The highest BCUT2D eigenvalue weighted by Gasteiger charge is 2.68. The number of nitrogens with one attached hydrogen (secondary N) is 1. The molecule has 4 unspecified atom stereocenters. The minimum Gasteiger partial charge on any atom is -0.493 e. The summed E-state index contributed by atoms with van der Waals surface area (Å²) in [6.45, 7) is 5.60. The molecule has 0 aromatic heterocycles. The largest absolute Gasteiger partial charge is 0.493 e. The second-order valence-electron chi connectivity index (χ2n) is 8.98. The molecule has 2 amide bonds.